The third-order valence-corrected chi connectivity index (χ3v) is 11.2. The van der Waals surface area contributed by atoms with Gasteiger partial charge in [-0.3, -0.25) is 14.4 Å². The van der Waals surface area contributed by atoms with Crippen LogP contribution in [0.5, 0.6) is 0 Å². The van der Waals surface area contributed by atoms with Gasteiger partial charge in [0.05, 0.1) is 0 Å². The molecule has 0 saturated carbocycles. The van der Waals surface area contributed by atoms with E-state index >= 15 is 0 Å². The summed E-state index contributed by atoms with van der Waals surface area (Å²) in [7, 11) is 0. The predicted molar refractivity (Wildman–Crippen MR) is 274 cm³/mol. The molecular formula is C58H98O6. The van der Waals surface area contributed by atoms with Crippen LogP contribution in [-0.4, -0.2) is 37.2 Å². The second kappa shape index (κ2) is 52.2. The molecule has 0 amide bonds. The number of hydrogen-bond donors (Lipinski definition) is 0. The number of allylic oxidation sites excluding steroid dienone is 14. The number of ether oxygens (including phenoxy) is 3. The fourth-order valence-corrected chi connectivity index (χ4v) is 7.26. The van der Waals surface area contributed by atoms with Crippen LogP contribution < -0.4 is 0 Å². The molecule has 0 fully saturated rings. The summed E-state index contributed by atoms with van der Waals surface area (Å²) in [6, 6.07) is 0. The van der Waals surface area contributed by atoms with Crippen molar-refractivity contribution in [2.24, 2.45) is 0 Å². The fourth-order valence-electron chi connectivity index (χ4n) is 7.26. The Morgan fingerprint density at radius 1 is 0.344 bits per heavy atom. The Bertz CT molecular complexity index is 1250. The van der Waals surface area contributed by atoms with E-state index in [-0.39, 0.29) is 37.5 Å². The van der Waals surface area contributed by atoms with E-state index < -0.39 is 6.10 Å². The van der Waals surface area contributed by atoms with Crippen molar-refractivity contribution in [3.63, 3.8) is 0 Å². The van der Waals surface area contributed by atoms with E-state index in [1.54, 1.807) is 0 Å². The SMILES string of the molecule is CC/C=C/C=C/C=C/CCCCCCCC(=O)OCC(COC(=O)CCCCCCCCCCCCCCCCCCC)OC(=O)CCCCC/C=C/C/C=C/C/C=C/C/C=C/CC. The molecule has 0 aromatic heterocycles. The lowest BCUT2D eigenvalue weighted by atomic mass is 10.0. The summed E-state index contributed by atoms with van der Waals surface area (Å²) in [5, 5.41) is 0. The molecule has 0 heterocycles. The van der Waals surface area contributed by atoms with Crippen molar-refractivity contribution in [3.8, 4) is 0 Å². The second-order valence-electron chi connectivity index (χ2n) is 17.4. The highest BCUT2D eigenvalue weighted by Gasteiger charge is 2.19. The summed E-state index contributed by atoms with van der Waals surface area (Å²) in [5.41, 5.74) is 0. The summed E-state index contributed by atoms with van der Waals surface area (Å²) in [6.45, 7) is 6.36. The van der Waals surface area contributed by atoms with Crippen LogP contribution in [0.15, 0.2) is 85.1 Å². The first-order valence-corrected chi connectivity index (χ1v) is 26.6. The van der Waals surface area contributed by atoms with Crippen molar-refractivity contribution in [1.29, 1.82) is 0 Å². The van der Waals surface area contributed by atoms with E-state index in [0.717, 1.165) is 116 Å². The van der Waals surface area contributed by atoms with Gasteiger partial charge in [-0.1, -0.05) is 234 Å². The molecule has 0 spiro atoms. The number of rotatable bonds is 47. The lowest BCUT2D eigenvalue weighted by Crippen LogP contribution is -2.30. The first kappa shape index (κ1) is 60.6. The molecule has 6 nitrogen and oxygen atoms in total. The molecule has 1 unspecified atom stereocenters. The fraction of sp³-hybridized carbons (Fsp3) is 0.707. The Hall–Kier alpha value is -3.41. The van der Waals surface area contributed by atoms with Gasteiger partial charge in [-0.15, -0.1) is 0 Å². The van der Waals surface area contributed by atoms with Gasteiger partial charge in [-0.05, 0) is 77.0 Å². The summed E-state index contributed by atoms with van der Waals surface area (Å²) < 4.78 is 16.8. The third-order valence-electron chi connectivity index (χ3n) is 11.2. The standard InChI is InChI=1S/C58H98O6/c1-4-7-10-13-16-19-22-25-27-29-31-33-36-39-42-45-48-51-57(60)63-54-55(53-62-56(59)50-47-44-41-38-35-32-24-21-18-15-12-9-6-3)64-58(61)52-49-46-43-40-37-34-30-28-26-23-20-17-14-11-8-5-2/h8-9,11-12,15,17-18,20-21,24,26,28,34,37,55H,4-7,10,13-14,16,19,22-23,25,27,29-33,35-36,38-54H2,1-3H3/b11-8+,12-9+,18-15+,20-17+,24-21+,28-26+,37-34+. The largest absolute Gasteiger partial charge is 0.462 e. The van der Waals surface area contributed by atoms with Gasteiger partial charge >= 0.3 is 17.9 Å². The summed E-state index contributed by atoms with van der Waals surface area (Å²) in [6.07, 6.45) is 67.1. The number of esters is 3. The normalized spacial score (nSPS) is 12.7. The van der Waals surface area contributed by atoms with Crippen LogP contribution >= 0.6 is 0 Å². The zero-order valence-electron chi connectivity index (χ0n) is 41.8. The monoisotopic (exact) mass is 891 g/mol. The van der Waals surface area contributed by atoms with Gasteiger partial charge in [-0.25, -0.2) is 0 Å². The Morgan fingerprint density at radius 3 is 1.14 bits per heavy atom. The van der Waals surface area contributed by atoms with Crippen LogP contribution in [0, 0.1) is 0 Å². The van der Waals surface area contributed by atoms with Crippen LogP contribution in [0.3, 0.4) is 0 Å². The molecule has 0 radical (unpaired) electrons. The highest BCUT2D eigenvalue weighted by molar-refractivity contribution is 5.71. The van der Waals surface area contributed by atoms with Gasteiger partial charge < -0.3 is 14.2 Å². The smallest absolute Gasteiger partial charge is 0.306 e. The molecule has 0 aliphatic carbocycles. The molecule has 1 atom stereocenters. The van der Waals surface area contributed by atoms with Crippen molar-refractivity contribution in [1.82, 2.24) is 0 Å². The zero-order valence-corrected chi connectivity index (χ0v) is 41.8. The Morgan fingerprint density at radius 2 is 0.688 bits per heavy atom. The van der Waals surface area contributed by atoms with Gasteiger partial charge in [0.1, 0.15) is 13.2 Å². The highest BCUT2D eigenvalue weighted by atomic mass is 16.6. The maximum atomic E-state index is 12.8. The van der Waals surface area contributed by atoms with Crippen LogP contribution in [0.4, 0.5) is 0 Å². The lowest BCUT2D eigenvalue weighted by molar-refractivity contribution is -0.167. The molecule has 0 saturated heterocycles. The van der Waals surface area contributed by atoms with Crippen molar-refractivity contribution >= 4 is 17.9 Å². The molecule has 6 heteroatoms. The molecule has 0 aromatic carbocycles. The predicted octanol–water partition coefficient (Wildman–Crippen LogP) is 17.6. The van der Waals surface area contributed by atoms with Crippen LogP contribution in [0.2, 0.25) is 0 Å². The van der Waals surface area contributed by atoms with Crippen LogP contribution in [0.1, 0.15) is 245 Å². The number of unbranched alkanes of at least 4 members (excludes halogenated alkanes) is 24. The van der Waals surface area contributed by atoms with Crippen molar-refractivity contribution in [2.75, 3.05) is 13.2 Å². The molecule has 0 bridgehead atoms. The second-order valence-corrected chi connectivity index (χ2v) is 17.4. The number of carbonyl (C=O) groups is 3. The molecule has 0 aliphatic heterocycles. The minimum atomic E-state index is -0.800. The van der Waals surface area contributed by atoms with Crippen molar-refractivity contribution < 1.29 is 28.6 Å². The Kier molecular flexibility index (Phi) is 49.4. The lowest BCUT2D eigenvalue weighted by Gasteiger charge is -2.18. The molecule has 64 heavy (non-hydrogen) atoms. The molecule has 366 valence electrons. The maximum Gasteiger partial charge on any atom is 0.306 e. The average molecular weight is 891 g/mol. The first-order chi connectivity index (χ1) is 31.5. The molecule has 0 aromatic rings. The van der Waals surface area contributed by atoms with E-state index in [1.807, 2.05) is 0 Å². The van der Waals surface area contributed by atoms with Gasteiger partial charge in [0, 0.05) is 19.3 Å². The summed E-state index contributed by atoms with van der Waals surface area (Å²) >= 11 is 0. The molecule has 0 aliphatic rings. The van der Waals surface area contributed by atoms with Gasteiger partial charge in [0.2, 0.25) is 0 Å². The molecular weight excluding hydrogens is 793 g/mol. The summed E-state index contributed by atoms with van der Waals surface area (Å²) in [4.78, 5) is 38.0. The minimum Gasteiger partial charge on any atom is -0.462 e. The topological polar surface area (TPSA) is 78.9 Å². The van der Waals surface area contributed by atoms with E-state index in [1.165, 1.54) is 89.9 Å². The van der Waals surface area contributed by atoms with Crippen molar-refractivity contribution in [3.05, 3.63) is 85.1 Å². The van der Waals surface area contributed by atoms with E-state index in [4.69, 9.17) is 14.2 Å². The van der Waals surface area contributed by atoms with Gasteiger partial charge in [0.15, 0.2) is 6.10 Å². The Balaban J connectivity index is 4.44. The van der Waals surface area contributed by atoms with Crippen LogP contribution in [0.25, 0.3) is 0 Å². The van der Waals surface area contributed by atoms with Gasteiger partial charge in [0.25, 0.3) is 0 Å². The highest BCUT2D eigenvalue weighted by Crippen LogP contribution is 2.15. The van der Waals surface area contributed by atoms with E-state index in [2.05, 4.69) is 106 Å². The quantitative estimate of drug-likeness (QED) is 0.0199. The maximum absolute atomic E-state index is 12.8. The Labute approximate surface area is 395 Å². The summed E-state index contributed by atoms with van der Waals surface area (Å²) in [5.74, 6) is -0.945. The molecule has 0 rings (SSSR count). The molecule has 0 N–H and O–H groups in total. The van der Waals surface area contributed by atoms with Crippen molar-refractivity contribution in [2.45, 2.75) is 252 Å². The zero-order chi connectivity index (χ0) is 46.5. The van der Waals surface area contributed by atoms with Gasteiger partial charge in [-0.2, -0.15) is 0 Å². The number of hydrogen-bond acceptors (Lipinski definition) is 6. The van der Waals surface area contributed by atoms with E-state index in [0.29, 0.717) is 12.8 Å². The minimum absolute atomic E-state index is 0.0949. The van der Waals surface area contributed by atoms with Crippen LogP contribution in [-0.2, 0) is 28.6 Å². The third kappa shape index (κ3) is 49.6. The first-order valence-electron chi connectivity index (χ1n) is 26.6. The van der Waals surface area contributed by atoms with E-state index in [9.17, 15) is 14.4 Å². The number of carbonyl (C=O) groups excluding carboxylic acids is 3. The average Bonchev–Trinajstić information content (AvgIpc) is 3.29.